The zero-order chi connectivity index (χ0) is 18.4. The highest BCUT2D eigenvalue weighted by atomic mass is 35.5. The van der Waals surface area contributed by atoms with Crippen LogP contribution < -0.4 is 10.1 Å². The number of nitrogens with one attached hydrogen (secondary N) is 1. The van der Waals surface area contributed by atoms with Crippen molar-refractivity contribution in [2.75, 3.05) is 5.32 Å². The second-order valence-electron chi connectivity index (χ2n) is 4.64. The van der Waals surface area contributed by atoms with Gasteiger partial charge >= 0.3 is 6.61 Å². The maximum atomic E-state index is 12.4. The molecule has 0 aliphatic heterocycles. The summed E-state index contributed by atoms with van der Waals surface area (Å²) in [5, 5.41) is 12.0. The zero-order valence-corrected chi connectivity index (χ0v) is 14.0. The normalized spacial score (nSPS) is 11.1. The van der Waals surface area contributed by atoms with E-state index in [9.17, 15) is 18.8 Å². The summed E-state index contributed by atoms with van der Waals surface area (Å²) in [7, 11) is 0. The molecular weight excluding hydrogens is 373 g/mol. The fourth-order valence-electron chi connectivity index (χ4n) is 1.91. The van der Waals surface area contributed by atoms with E-state index in [1.807, 2.05) is 0 Å². The summed E-state index contributed by atoms with van der Waals surface area (Å²) >= 11 is 11.9. The summed E-state index contributed by atoms with van der Waals surface area (Å²) in [6, 6.07) is 12.1. The number of anilines is 1. The number of para-hydroxylation sites is 2. The molecule has 0 atom stereocenters. The van der Waals surface area contributed by atoms with Crippen molar-refractivity contribution < 1.29 is 18.3 Å². The number of nitrogens with zero attached hydrogens (tertiary/aromatic N) is 1. The topological polar surface area (TPSA) is 62.1 Å². The molecule has 0 aliphatic rings. The van der Waals surface area contributed by atoms with E-state index in [1.54, 1.807) is 18.2 Å². The van der Waals surface area contributed by atoms with Crippen LogP contribution in [0.5, 0.6) is 5.75 Å². The van der Waals surface area contributed by atoms with E-state index in [1.165, 1.54) is 30.3 Å². The van der Waals surface area contributed by atoms with Crippen LogP contribution >= 0.6 is 23.2 Å². The second-order valence-corrected chi connectivity index (χ2v) is 5.45. The van der Waals surface area contributed by atoms with Crippen molar-refractivity contribution in [1.29, 1.82) is 5.26 Å². The third-order valence-corrected chi connectivity index (χ3v) is 3.63. The number of hydrogen-bond donors (Lipinski definition) is 1. The van der Waals surface area contributed by atoms with Crippen LogP contribution in [0.2, 0.25) is 10.0 Å². The van der Waals surface area contributed by atoms with E-state index in [-0.39, 0.29) is 32.6 Å². The number of alkyl halides is 2. The zero-order valence-electron chi connectivity index (χ0n) is 12.5. The largest absolute Gasteiger partial charge is 0.434 e. The molecule has 128 valence electrons. The van der Waals surface area contributed by atoms with E-state index in [2.05, 4.69) is 10.1 Å². The highest BCUT2D eigenvalue weighted by Gasteiger charge is 2.15. The van der Waals surface area contributed by atoms with E-state index in [4.69, 9.17) is 23.2 Å². The molecular formula is C17H10Cl2F2N2O2. The predicted octanol–water partition coefficient (Wildman–Crippen LogP) is 5.14. The first kappa shape index (κ1) is 18.7. The van der Waals surface area contributed by atoms with Crippen molar-refractivity contribution in [2.24, 2.45) is 0 Å². The number of nitriles is 1. The van der Waals surface area contributed by atoms with Gasteiger partial charge < -0.3 is 10.1 Å². The fourth-order valence-corrected chi connectivity index (χ4v) is 2.40. The summed E-state index contributed by atoms with van der Waals surface area (Å²) in [4.78, 5) is 12.3. The Morgan fingerprint density at radius 3 is 2.40 bits per heavy atom. The van der Waals surface area contributed by atoms with Gasteiger partial charge in [0, 0.05) is 5.56 Å². The van der Waals surface area contributed by atoms with E-state index < -0.39 is 12.5 Å². The number of amides is 1. The van der Waals surface area contributed by atoms with Crippen LogP contribution in [0.4, 0.5) is 14.5 Å². The molecule has 0 fully saturated rings. The van der Waals surface area contributed by atoms with Crippen molar-refractivity contribution in [3.8, 4) is 11.8 Å². The number of carbonyl (C=O) groups is 1. The third kappa shape index (κ3) is 4.92. The molecule has 0 bridgehead atoms. The first-order chi connectivity index (χ1) is 11.9. The second kappa shape index (κ2) is 8.47. The van der Waals surface area contributed by atoms with Gasteiger partial charge in [-0.25, -0.2) is 0 Å². The molecule has 0 saturated heterocycles. The van der Waals surface area contributed by atoms with Gasteiger partial charge in [0.05, 0.1) is 15.7 Å². The fraction of sp³-hybridized carbons (Fsp3) is 0.0588. The molecule has 2 aromatic carbocycles. The Kier molecular flexibility index (Phi) is 6.34. The monoisotopic (exact) mass is 382 g/mol. The van der Waals surface area contributed by atoms with Crippen LogP contribution in [0.1, 0.15) is 5.56 Å². The summed E-state index contributed by atoms with van der Waals surface area (Å²) in [5.41, 5.74) is -0.0323. The summed E-state index contributed by atoms with van der Waals surface area (Å²) in [6.07, 6.45) is 1.14. The quantitative estimate of drug-likeness (QED) is 0.575. The molecule has 0 aliphatic carbocycles. The number of rotatable bonds is 5. The Hall–Kier alpha value is -2.62. The standard InChI is InChI=1S/C17H10Cl2F2N2O2/c18-12-5-3-6-13(19)15(12)23-16(24)11(9-22)8-10-4-1-2-7-14(10)25-17(20)21/h1-8,17H,(H,23,24)/b11-8+. The molecule has 0 aromatic heterocycles. The average Bonchev–Trinajstić information content (AvgIpc) is 2.56. The molecule has 0 spiro atoms. The maximum Gasteiger partial charge on any atom is 0.387 e. The molecule has 4 nitrogen and oxygen atoms in total. The molecule has 1 N–H and O–H groups in total. The van der Waals surface area contributed by atoms with Crippen LogP contribution in [0.15, 0.2) is 48.0 Å². The van der Waals surface area contributed by atoms with Gasteiger partial charge in [-0.2, -0.15) is 14.0 Å². The minimum Gasteiger partial charge on any atom is -0.434 e. The number of halogens is 4. The number of hydrogen-bond acceptors (Lipinski definition) is 3. The van der Waals surface area contributed by atoms with Gasteiger partial charge in [0.2, 0.25) is 0 Å². The van der Waals surface area contributed by atoms with Crippen molar-refractivity contribution in [1.82, 2.24) is 0 Å². The van der Waals surface area contributed by atoms with Gasteiger partial charge in [0.15, 0.2) is 0 Å². The van der Waals surface area contributed by atoms with Crippen LogP contribution in [-0.4, -0.2) is 12.5 Å². The molecule has 1 amide bonds. The number of carbonyl (C=O) groups excluding carboxylic acids is 1. The lowest BCUT2D eigenvalue weighted by Gasteiger charge is -2.10. The van der Waals surface area contributed by atoms with Gasteiger partial charge in [0.1, 0.15) is 17.4 Å². The number of ether oxygens (including phenoxy) is 1. The maximum absolute atomic E-state index is 12.4. The van der Waals surface area contributed by atoms with Gasteiger partial charge in [-0.1, -0.05) is 47.5 Å². The lowest BCUT2D eigenvalue weighted by atomic mass is 10.1. The van der Waals surface area contributed by atoms with E-state index >= 15 is 0 Å². The van der Waals surface area contributed by atoms with Crippen molar-refractivity contribution in [2.45, 2.75) is 6.61 Å². The molecule has 0 heterocycles. The first-order valence-electron chi connectivity index (χ1n) is 6.83. The molecule has 0 radical (unpaired) electrons. The molecule has 0 unspecified atom stereocenters. The van der Waals surface area contributed by atoms with Gasteiger partial charge in [-0.3, -0.25) is 4.79 Å². The lowest BCUT2D eigenvalue weighted by molar-refractivity contribution is -0.112. The summed E-state index contributed by atoms with van der Waals surface area (Å²) in [5.74, 6) is -0.946. The van der Waals surface area contributed by atoms with Crippen LogP contribution in [0, 0.1) is 11.3 Å². The molecule has 25 heavy (non-hydrogen) atoms. The Morgan fingerprint density at radius 2 is 1.80 bits per heavy atom. The third-order valence-electron chi connectivity index (χ3n) is 3.00. The van der Waals surface area contributed by atoms with Gasteiger partial charge in [-0.15, -0.1) is 0 Å². The van der Waals surface area contributed by atoms with E-state index in [0.717, 1.165) is 6.08 Å². The molecule has 8 heteroatoms. The van der Waals surface area contributed by atoms with E-state index in [0.29, 0.717) is 0 Å². The lowest BCUT2D eigenvalue weighted by Crippen LogP contribution is -2.14. The van der Waals surface area contributed by atoms with Crippen LogP contribution in [-0.2, 0) is 4.79 Å². The first-order valence-corrected chi connectivity index (χ1v) is 7.59. The van der Waals surface area contributed by atoms with Gasteiger partial charge in [0.25, 0.3) is 5.91 Å². The molecule has 2 rings (SSSR count). The Balaban J connectivity index is 2.32. The molecule has 2 aromatic rings. The van der Waals surface area contributed by atoms with Crippen molar-refractivity contribution in [3.63, 3.8) is 0 Å². The summed E-state index contributed by atoms with van der Waals surface area (Å²) < 4.78 is 29.2. The molecule has 0 saturated carbocycles. The number of benzene rings is 2. The average molecular weight is 383 g/mol. The Bertz CT molecular complexity index is 844. The minimum absolute atomic E-state index is 0.147. The Morgan fingerprint density at radius 1 is 1.16 bits per heavy atom. The highest BCUT2D eigenvalue weighted by Crippen LogP contribution is 2.30. The van der Waals surface area contributed by atoms with Crippen LogP contribution in [0.25, 0.3) is 6.08 Å². The van der Waals surface area contributed by atoms with Gasteiger partial charge in [-0.05, 0) is 24.3 Å². The predicted molar refractivity (Wildman–Crippen MR) is 91.8 cm³/mol. The SMILES string of the molecule is N#C/C(=C\c1ccccc1OC(F)F)C(=O)Nc1c(Cl)cccc1Cl. The minimum atomic E-state index is -3.03. The van der Waals surface area contributed by atoms with Crippen molar-refractivity contribution >= 4 is 40.9 Å². The summed E-state index contributed by atoms with van der Waals surface area (Å²) in [6.45, 7) is -3.03. The smallest absolute Gasteiger partial charge is 0.387 e. The van der Waals surface area contributed by atoms with Crippen LogP contribution in [0.3, 0.4) is 0 Å². The highest BCUT2D eigenvalue weighted by molar-refractivity contribution is 6.40. The van der Waals surface area contributed by atoms with Crippen molar-refractivity contribution in [3.05, 3.63) is 63.6 Å². The Labute approximate surface area is 152 Å².